The molecule has 2 aromatic rings. The quantitative estimate of drug-likeness (QED) is 0.625. The predicted molar refractivity (Wildman–Crippen MR) is 118 cm³/mol. The Hall–Kier alpha value is -1.19. The van der Waals surface area contributed by atoms with Crippen LogP contribution in [0.5, 0.6) is 0 Å². The summed E-state index contributed by atoms with van der Waals surface area (Å²) in [7, 11) is 0. The Balaban J connectivity index is 1.17. The average Bonchev–Trinajstić information content (AvgIpc) is 3.52. The van der Waals surface area contributed by atoms with E-state index in [0.29, 0.717) is 12.1 Å². The minimum atomic E-state index is 0.136. The van der Waals surface area contributed by atoms with E-state index in [4.69, 9.17) is 9.47 Å². The molecule has 3 fully saturated rings. The Labute approximate surface area is 183 Å². The zero-order valence-electron chi connectivity index (χ0n) is 17.9. The van der Waals surface area contributed by atoms with Crippen LogP contribution < -0.4 is 0 Å². The second-order valence-corrected chi connectivity index (χ2v) is 9.48. The van der Waals surface area contributed by atoms with E-state index in [-0.39, 0.29) is 6.10 Å². The van der Waals surface area contributed by atoms with Gasteiger partial charge >= 0.3 is 0 Å². The van der Waals surface area contributed by atoms with Gasteiger partial charge in [-0.1, -0.05) is 0 Å². The fraction of sp³-hybridized carbons (Fsp3) is 0.727. The van der Waals surface area contributed by atoms with E-state index >= 15 is 0 Å². The highest BCUT2D eigenvalue weighted by Gasteiger charge is 2.33. The summed E-state index contributed by atoms with van der Waals surface area (Å²) in [6.45, 7) is 7.45. The summed E-state index contributed by atoms with van der Waals surface area (Å²) < 4.78 is 14.0. The summed E-state index contributed by atoms with van der Waals surface area (Å²) in [6, 6.07) is 5.00. The van der Waals surface area contributed by atoms with Crippen LogP contribution in [-0.4, -0.2) is 88.7 Å². The summed E-state index contributed by atoms with van der Waals surface area (Å²) in [4.78, 5) is 9.63. The van der Waals surface area contributed by atoms with Crippen molar-refractivity contribution in [2.24, 2.45) is 0 Å². The van der Waals surface area contributed by atoms with E-state index < -0.39 is 0 Å². The lowest BCUT2D eigenvalue weighted by atomic mass is 10.1. The van der Waals surface area contributed by atoms with Crippen molar-refractivity contribution in [2.45, 2.75) is 55.4 Å². The second-order valence-electron chi connectivity index (χ2n) is 8.68. The molecule has 3 saturated heterocycles. The first-order valence-corrected chi connectivity index (χ1v) is 12.6. The van der Waals surface area contributed by atoms with Gasteiger partial charge in [-0.15, -0.1) is 11.8 Å². The fourth-order valence-corrected chi connectivity index (χ4v) is 5.79. The maximum atomic E-state index is 6.54. The molecule has 0 bridgehead atoms. The maximum absolute atomic E-state index is 6.54. The van der Waals surface area contributed by atoms with Crippen molar-refractivity contribution in [2.75, 3.05) is 52.2 Å². The van der Waals surface area contributed by atoms with Gasteiger partial charge in [0, 0.05) is 25.7 Å². The molecule has 5 rings (SSSR count). The van der Waals surface area contributed by atoms with E-state index in [0.717, 1.165) is 61.9 Å². The second kappa shape index (κ2) is 9.53. The Bertz CT molecular complexity index is 840. The Morgan fingerprint density at radius 2 is 2.03 bits per heavy atom. The summed E-state index contributed by atoms with van der Waals surface area (Å²) in [5.74, 6) is 0. The third kappa shape index (κ3) is 4.39. The Kier molecular flexibility index (Phi) is 6.57. The van der Waals surface area contributed by atoms with Gasteiger partial charge in [-0.25, -0.2) is 9.50 Å². The van der Waals surface area contributed by atoms with Gasteiger partial charge in [-0.05, 0) is 63.6 Å². The first-order chi connectivity index (χ1) is 14.8. The van der Waals surface area contributed by atoms with Gasteiger partial charge in [-0.3, -0.25) is 9.80 Å². The third-order valence-corrected chi connectivity index (χ3v) is 7.60. The van der Waals surface area contributed by atoms with Crippen molar-refractivity contribution < 1.29 is 9.47 Å². The molecule has 0 N–H and O–H groups in total. The Morgan fingerprint density at radius 3 is 2.90 bits per heavy atom. The number of nitrogens with zero attached hydrogens (tertiary/aromatic N) is 5. The van der Waals surface area contributed by atoms with Gasteiger partial charge in [0.15, 0.2) is 0 Å². The van der Waals surface area contributed by atoms with Crippen LogP contribution in [0, 0.1) is 0 Å². The zero-order valence-corrected chi connectivity index (χ0v) is 18.7. The topological polar surface area (TPSA) is 55.1 Å². The molecule has 0 radical (unpaired) electrons. The van der Waals surface area contributed by atoms with E-state index in [1.165, 1.54) is 32.4 Å². The highest BCUT2D eigenvalue weighted by atomic mass is 32.2. The standard InChI is InChI=1S/C22H33N5O2S/c1-30-22-20-6-5-19(27(20)24-16-23-22)21-7-4-18(29-21)15-26-9-2-3-17(26)8-10-25-11-13-28-14-12-25/h5-6,16-18,21H,2-4,7-15H2,1H3/t17-,18-,21+/m0/s1. The van der Waals surface area contributed by atoms with Crippen LogP contribution in [0.1, 0.15) is 43.9 Å². The molecule has 30 heavy (non-hydrogen) atoms. The summed E-state index contributed by atoms with van der Waals surface area (Å²) in [5.41, 5.74) is 2.24. The molecule has 0 aliphatic carbocycles. The average molecular weight is 432 g/mol. The molecule has 0 amide bonds. The van der Waals surface area contributed by atoms with Crippen molar-refractivity contribution in [1.82, 2.24) is 24.4 Å². The van der Waals surface area contributed by atoms with Gasteiger partial charge in [0.1, 0.15) is 17.5 Å². The van der Waals surface area contributed by atoms with Crippen LogP contribution in [0.3, 0.4) is 0 Å². The Morgan fingerprint density at radius 1 is 1.13 bits per heavy atom. The van der Waals surface area contributed by atoms with Crippen LogP contribution in [0.4, 0.5) is 0 Å². The smallest absolute Gasteiger partial charge is 0.137 e. The van der Waals surface area contributed by atoms with Gasteiger partial charge in [-0.2, -0.15) is 5.10 Å². The van der Waals surface area contributed by atoms with E-state index in [1.54, 1.807) is 18.1 Å². The molecule has 0 aromatic carbocycles. The fourth-order valence-electron chi connectivity index (χ4n) is 5.27. The van der Waals surface area contributed by atoms with Crippen LogP contribution in [0.25, 0.3) is 5.52 Å². The predicted octanol–water partition coefficient (Wildman–Crippen LogP) is 2.86. The van der Waals surface area contributed by atoms with Crippen LogP contribution in [-0.2, 0) is 9.47 Å². The van der Waals surface area contributed by atoms with Crippen molar-refractivity contribution >= 4 is 17.3 Å². The first kappa shape index (κ1) is 20.7. The summed E-state index contributed by atoms with van der Waals surface area (Å²) in [6.07, 6.45) is 10.3. The maximum Gasteiger partial charge on any atom is 0.137 e. The number of aromatic nitrogens is 3. The molecule has 3 atom stereocenters. The number of fused-ring (bicyclic) bond motifs is 1. The number of rotatable bonds is 7. The van der Waals surface area contributed by atoms with Gasteiger partial charge in [0.25, 0.3) is 0 Å². The van der Waals surface area contributed by atoms with E-state index in [1.807, 2.05) is 4.52 Å². The molecule has 7 nitrogen and oxygen atoms in total. The van der Waals surface area contributed by atoms with E-state index in [2.05, 4.69) is 38.3 Å². The number of likely N-dealkylation sites (tertiary alicyclic amines) is 1. The normalized spacial score (nSPS) is 28.6. The number of thioether (sulfide) groups is 1. The SMILES string of the molecule is CSc1ncnn2c([C@H]3CC[C@@H](CN4CCC[C@H]4CCN4CCOCC4)O3)ccc12. The summed E-state index contributed by atoms with van der Waals surface area (Å²) in [5, 5.41) is 5.51. The summed E-state index contributed by atoms with van der Waals surface area (Å²) >= 11 is 1.66. The molecule has 3 aliphatic heterocycles. The van der Waals surface area contributed by atoms with E-state index in [9.17, 15) is 0 Å². The minimum Gasteiger partial charge on any atom is -0.379 e. The van der Waals surface area contributed by atoms with Gasteiger partial charge in [0.05, 0.1) is 30.5 Å². The van der Waals surface area contributed by atoms with Crippen LogP contribution in [0.2, 0.25) is 0 Å². The first-order valence-electron chi connectivity index (χ1n) is 11.4. The molecule has 164 valence electrons. The van der Waals surface area contributed by atoms with Crippen LogP contribution >= 0.6 is 11.8 Å². The third-order valence-electron chi connectivity index (χ3n) is 6.90. The number of hydrogen-bond acceptors (Lipinski definition) is 7. The molecule has 5 heterocycles. The molecule has 3 aliphatic rings. The molecular formula is C22H33N5O2S. The molecule has 0 spiro atoms. The number of ether oxygens (including phenoxy) is 2. The largest absolute Gasteiger partial charge is 0.379 e. The molecule has 2 aromatic heterocycles. The molecule has 0 saturated carbocycles. The molecule has 8 heteroatoms. The zero-order chi connectivity index (χ0) is 20.3. The van der Waals surface area contributed by atoms with Crippen molar-refractivity contribution in [3.05, 3.63) is 24.2 Å². The van der Waals surface area contributed by atoms with Gasteiger partial charge in [0.2, 0.25) is 0 Å². The minimum absolute atomic E-state index is 0.136. The lowest BCUT2D eigenvalue weighted by Gasteiger charge is -2.31. The lowest BCUT2D eigenvalue weighted by Crippen LogP contribution is -2.41. The number of hydrogen-bond donors (Lipinski definition) is 0. The number of morpholine rings is 1. The highest BCUT2D eigenvalue weighted by Crippen LogP contribution is 2.35. The highest BCUT2D eigenvalue weighted by molar-refractivity contribution is 7.98. The van der Waals surface area contributed by atoms with Gasteiger partial charge < -0.3 is 9.47 Å². The lowest BCUT2D eigenvalue weighted by molar-refractivity contribution is 0.0124. The van der Waals surface area contributed by atoms with Crippen LogP contribution in [0.15, 0.2) is 23.5 Å². The van der Waals surface area contributed by atoms with Crippen molar-refractivity contribution in [3.8, 4) is 0 Å². The molecule has 0 unspecified atom stereocenters. The van der Waals surface area contributed by atoms with Crippen molar-refractivity contribution in [1.29, 1.82) is 0 Å². The molecular weight excluding hydrogens is 398 g/mol. The van der Waals surface area contributed by atoms with Crippen molar-refractivity contribution in [3.63, 3.8) is 0 Å². The monoisotopic (exact) mass is 431 g/mol.